The van der Waals surface area contributed by atoms with Crippen molar-refractivity contribution in [2.75, 3.05) is 20.0 Å². The zero-order valence-corrected chi connectivity index (χ0v) is 11.9. The summed E-state index contributed by atoms with van der Waals surface area (Å²) >= 11 is 1.35. The van der Waals surface area contributed by atoms with Gasteiger partial charge in [-0.1, -0.05) is 11.8 Å². The van der Waals surface area contributed by atoms with E-state index in [0.717, 1.165) is 0 Å². The molecule has 7 heteroatoms. The molecular weight excluding hydrogens is 278 g/mol. The van der Waals surface area contributed by atoms with Gasteiger partial charge in [0.05, 0.1) is 25.9 Å². The predicted molar refractivity (Wildman–Crippen MR) is 73.8 cm³/mol. The first-order valence-corrected chi connectivity index (χ1v) is 6.82. The van der Waals surface area contributed by atoms with Crippen molar-refractivity contribution in [1.82, 2.24) is 10.2 Å². The number of aromatic nitrogens is 2. The van der Waals surface area contributed by atoms with E-state index in [0.29, 0.717) is 40.3 Å². The Hall–Kier alpha value is -2.20. The summed E-state index contributed by atoms with van der Waals surface area (Å²) in [5, 5.41) is 16.8. The van der Waals surface area contributed by atoms with E-state index in [-0.39, 0.29) is 0 Å². The summed E-state index contributed by atoms with van der Waals surface area (Å²) in [5.74, 6) is 2.29. The van der Waals surface area contributed by atoms with Crippen molar-refractivity contribution in [3.63, 3.8) is 0 Å². The molecule has 1 aromatic carbocycles. The van der Waals surface area contributed by atoms with Crippen LogP contribution < -0.4 is 9.47 Å². The average molecular weight is 291 g/mol. The Morgan fingerprint density at radius 1 is 1.30 bits per heavy atom. The van der Waals surface area contributed by atoms with Crippen LogP contribution in [0.15, 0.2) is 27.8 Å². The molecule has 0 saturated heterocycles. The van der Waals surface area contributed by atoms with Crippen LogP contribution in [-0.4, -0.2) is 30.2 Å². The molecule has 104 valence electrons. The van der Waals surface area contributed by atoms with Crippen LogP contribution in [0.1, 0.15) is 6.42 Å². The third kappa shape index (κ3) is 3.22. The van der Waals surface area contributed by atoms with Crippen LogP contribution >= 0.6 is 11.8 Å². The highest BCUT2D eigenvalue weighted by molar-refractivity contribution is 7.99. The molecule has 0 atom stereocenters. The lowest BCUT2D eigenvalue weighted by Gasteiger charge is -2.07. The van der Waals surface area contributed by atoms with Crippen LogP contribution in [0, 0.1) is 11.3 Å². The van der Waals surface area contributed by atoms with Gasteiger partial charge in [-0.05, 0) is 12.1 Å². The standard InChI is InChI=1S/C13H13N3O3S/c1-17-9-4-5-10(11(8-9)18-2)12-15-16-13(19-12)20-7-3-6-14/h4-5,8H,3,7H2,1-2H3. The van der Waals surface area contributed by atoms with Gasteiger partial charge in [-0.2, -0.15) is 5.26 Å². The summed E-state index contributed by atoms with van der Waals surface area (Å²) in [6.07, 6.45) is 0.439. The largest absolute Gasteiger partial charge is 0.497 e. The Labute approximate surface area is 120 Å². The van der Waals surface area contributed by atoms with Gasteiger partial charge < -0.3 is 13.9 Å². The number of nitriles is 1. The summed E-state index contributed by atoms with van der Waals surface area (Å²) in [7, 11) is 3.16. The Kier molecular flexibility index (Phi) is 4.85. The lowest BCUT2D eigenvalue weighted by atomic mass is 10.2. The van der Waals surface area contributed by atoms with E-state index in [9.17, 15) is 0 Å². The molecule has 0 spiro atoms. The number of rotatable bonds is 6. The average Bonchev–Trinajstić information content (AvgIpc) is 2.95. The zero-order valence-electron chi connectivity index (χ0n) is 11.1. The summed E-state index contributed by atoms with van der Waals surface area (Å²) in [6, 6.07) is 7.41. The molecule has 0 fully saturated rings. The molecule has 2 rings (SSSR count). The smallest absolute Gasteiger partial charge is 0.276 e. The molecule has 20 heavy (non-hydrogen) atoms. The molecular formula is C13H13N3O3S. The van der Waals surface area contributed by atoms with Crippen molar-refractivity contribution in [2.45, 2.75) is 11.6 Å². The Morgan fingerprint density at radius 2 is 2.15 bits per heavy atom. The van der Waals surface area contributed by atoms with Crippen molar-refractivity contribution in [3.05, 3.63) is 18.2 Å². The molecule has 0 bridgehead atoms. The number of benzene rings is 1. The van der Waals surface area contributed by atoms with Crippen LogP contribution in [-0.2, 0) is 0 Å². The number of thioether (sulfide) groups is 1. The lowest BCUT2D eigenvalue weighted by molar-refractivity contribution is 0.393. The highest BCUT2D eigenvalue weighted by Crippen LogP contribution is 2.33. The second kappa shape index (κ2) is 6.82. The number of methoxy groups -OCH3 is 2. The van der Waals surface area contributed by atoms with Gasteiger partial charge >= 0.3 is 0 Å². The van der Waals surface area contributed by atoms with Crippen LogP contribution in [0.25, 0.3) is 11.5 Å². The van der Waals surface area contributed by atoms with E-state index in [2.05, 4.69) is 16.3 Å². The summed E-state index contributed by atoms with van der Waals surface area (Å²) in [5.41, 5.74) is 0.702. The van der Waals surface area contributed by atoms with E-state index >= 15 is 0 Å². The van der Waals surface area contributed by atoms with Gasteiger partial charge in [0.25, 0.3) is 11.1 Å². The second-order valence-corrected chi connectivity index (χ2v) is 4.74. The van der Waals surface area contributed by atoms with Gasteiger partial charge in [-0.15, -0.1) is 10.2 Å². The summed E-state index contributed by atoms with van der Waals surface area (Å²) in [4.78, 5) is 0. The Balaban J connectivity index is 2.21. The van der Waals surface area contributed by atoms with Crippen LogP contribution in [0.4, 0.5) is 0 Å². The zero-order chi connectivity index (χ0) is 14.4. The monoisotopic (exact) mass is 291 g/mol. The van der Waals surface area contributed by atoms with Gasteiger partial charge in [0.1, 0.15) is 11.5 Å². The van der Waals surface area contributed by atoms with E-state index < -0.39 is 0 Å². The molecule has 0 radical (unpaired) electrons. The minimum absolute atomic E-state index is 0.379. The normalized spacial score (nSPS) is 10.1. The molecule has 2 aromatic rings. The van der Waals surface area contributed by atoms with Crippen molar-refractivity contribution >= 4 is 11.8 Å². The molecule has 0 saturated carbocycles. The number of ether oxygens (including phenoxy) is 2. The fraction of sp³-hybridized carbons (Fsp3) is 0.308. The molecule has 0 aliphatic heterocycles. The molecule has 0 unspecified atom stereocenters. The van der Waals surface area contributed by atoms with Crippen LogP contribution in [0.5, 0.6) is 11.5 Å². The first-order valence-electron chi connectivity index (χ1n) is 5.84. The highest BCUT2D eigenvalue weighted by Gasteiger charge is 2.14. The van der Waals surface area contributed by atoms with Gasteiger partial charge in [-0.25, -0.2) is 0 Å². The van der Waals surface area contributed by atoms with Gasteiger partial charge in [0.2, 0.25) is 0 Å². The molecule has 0 N–H and O–H groups in total. The van der Waals surface area contributed by atoms with Gasteiger partial charge in [-0.3, -0.25) is 0 Å². The van der Waals surface area contributed by atoms with Gasteiger partial charge in [0.15, 0.2) is 0 Å². The number of nitrogens with zero attached hydrogens (tertiary/aromatic N) is 3. The molecule has 0 amide bonds. The topological polar surface area (TPSA) is 81.2 Å². The molecule has 6 nitrogen and oxygen atoms in total. The lowest BCUT2D eigenvalue weighted by Crippen LogP contribution is -1.90. The predicted octanol–water partition coefficient (Wildman–Crippen LogP) is 2.76. The van der Waals surface area contributed by atoms with E-state index in [1.54, 1.807) is 32.4 Å². The van der Waals surface area contributed by atoms with Crippen LogP contribution in [0.3, 0.4) is 0 Å². The highest BCUT2D eigenvalue weighted by atomic mass is 32.2. The Bertz CT molecular complexity index is 622. The number of hydrogen-bond acceptors (Lipinski definition) is 7. The number of hydrogen-bond donors (Lipinski definition) is 0. The minimum Gasteiger partial charge on any atom is -0.497 e. The third-order valence-electron chi connectivity index (χ3n) is 2.48. The van der Waals surface area contributed by atoms with E-state index in [1.807, 2.05) is 0 Å². The molecule has 0 aliphatic carbocycles. The first-order chi connectivity index (χ1) is 9.78. The van der Waals surface area contributed by atoms with Crippen molar-refractivity contribution in [3.8, 4) is 29.0 Å². The maximum absolute atomic E-state index is 8.49. The first kappa shape index (κ1) is 14.2. The van der Waals surface area contributed by atoms with E-state index in [1.165, 1.54) is 11.8 Å². The Morgan fingerprint density at radius 3 is 2.85 bits per heavy atom. The summed E-state index contributed by atoms with van der Waals surface area (Å²) in [6.45, 7) is 0. The SMILES string of the molecule is COc1ccc(-c2nnc(SCCC#N)o2)c(OC)c1. The van der Waals surface area contributed by atoms with Gasteiger partial charge in [0, 0.05) is 18.2 Å². The molecule has 1 aromatic heterocycles. The fourth-order valence-electron chi connectivity index (χ4n) is 1.54. The van der Waals surface area contributed by atoms with Crippen molar-refractivity contribution < 1.29 is 13.9 Å². The third-order valence-corrected chi connectivity index (χ3v) is 3.31. The quantitative estimate of drug-likeness (QED) is 0.598. The molecule has 1 heterocycles. The fourth-order valence-corrected chi connectivity index (χ4v) is 2.14. The van der Waals surface area contributed by atoms with Crippen molar-refractivity contribution in [2.24, 2.45) is 0 Å². The minimum atomic E-state index is 0.379. The van der Waals surface area contributed by atoms with E-state index in [4.69, 9.17) is 19.2 Å². The maximum Gasteiger partial charge on any atom is 0.276 e. The van der Waals surface area contributed by atoms with Crippen LogP contribution in [0.2, 0.25) is 0 Å². The second-order valence-electron chi connectivity index (χ2n) is 3.70. The maximum atomic E-state index is 8.49. The molecule has 0 aliphatic rings. The van der Waals surface area contributed by atoms with Crippen molar-refractivity contribution in [1.29, 1.82) is 5.26 Å². The summed E-state index contributed by atoms with van der Waals surface area (Å²) < 4.78 is 16.0.